The Morgan fingerprint density at radius 1 is 0.636 bits per heavy atom. The molecule has 0 aromatic heterocycles. The number of rotatable bonds is 0. The van der Waals surface area contributed by atoms with Crippen molar-refractivity contribution in [3.05, 3.63) is 71.8 Å². The molecule has 6 rings (SSSR count). The average Bonchev–Trinajstić information content (AvgIpc) is 2.58. The molecule has 1 aromatic rings. The third-order valence-corrected chi connectivity index (χ3v) is 6.00. The lowest BCUT2D eigenvalue weighted by molar-refractivity contribution is -0.135. The fraction of sp³-hybridized carbons (Fsp3) is 0.300. The number of hydrogen-bond donors (Lipinski definition) is 0. The van der Waals surface area contributed by atoms with E-state index in [0.29, 0.717) is 11.8 Å². The zero-order valence-corrected chi connectivity index (χ0v) is 12.1. The van der Waals surface area contributed by atoms with Crippen LogP contribution in [0.5, 0.6) is 0 Å². The van der Waals surface area contributed by atoms with E-state index >= 15 is 0 Å². The van der Waals surface area contributed by atoms with Crippen LogP contribution < -0.4 is 0 Å². The van der Waals surface area contributed by atoms with Gasteiger partial charge in [0.25, 0.3) is 0 Å². The molecule has 5 aliphatic carbocycles. The highest BCUT2D eigenvalue weighted by atomic mass is 16.1. The van der Waals surface area contributed by atoms with Crippen molar-refractivity contribution in [2.45, 2.75) is 11.8 Å². The summed E-state index contributed by atoms with van der Waals surface area (Å²) in [5.74, 6) is 0.886. The minimum atomic E-state index is -0.171. The minimum Gasteiger partial charge on any atom is -0.294 e. The largest absolute Gasteiger partial charge is 0.294 e. The van der Waals surface area contributed by atoms with Crippen molar-refractivity contribution < 1.29 is 9.59 Å². The summed E-state index contributed by atoms with van der Waals surface area (Å²) in [7, 11) is 0. The van der Waals surface area contributed by atoms with E-state index in [0.717, 1.165) is 0 Å². The van der Waals surface area contributed by atoms with Crippen LogP contribution in [0.4, 0.5) is 0 Å². The number of benzene rings is 1. The highest BCUT2D eigenvalue weighted by Crippen LogP contribution is 2.63. The summed E-state index contributed by atoms with van der Waals surface area (Å²) in [4.78, 5) is 25.1. The van der Waals surface area contributed by atoms with Gasteiger partial charge < -0.3 is 0 Å². The van der Waals surface area contributed by atoms with Crippen LogP contribution in [-0.4, -0.2) is 11.6 Å². The van der Waals surface area contributed by atoms with Crippen molar-refractivity contribution in [2.24, 2.45) is 23.7 Å². The fourth-order valence-electron chi connectivity index (χ4n) is 5.30. The molecule has 0 saturated heterocycles. The van der Waals surface area contributed by atoms with Crippen molar-refractivity contribution in [3.8, 4) is 0 Å². The summed E-state index contributed by atoms with van der Waals surface area (Å²) in [5.41, 5.74) is 2.57. The van der Waals surface area contributed by atoms with Gasteiger partial charge in [0.05, 0.1) is 0 Å². The van der Waals surface area contributed by atoms with Crippen LogP contribution in [0.3, 0.4) is 0 Å². The average molecular weight is 288 g/mol. The summed E-state index contributed by atoms with van der Waals surface area (Å²) in [6.45, 7) is 0. The van der Waals surface area contributed by atoms with Gasteiger partial charge in [-0.25, -0.2) is 0 Å². The van der Waals surface area contributed by atoms with Gasteiger partial charge in [-0.3, -0.25) is 9.59 Å². The second-order valence-electron chi connectivity index (χ2n) is 6.79. The number of carbonyl (C=O) groups is 2. The fourth-order valence-corrected chi connectivity index (χ4v) is 5.30. The van der Waals surface area contributed by atoms with Crippen LogP contribution in [0, 0.1) is 23.7 Å². The first kappa shape index (κ1) is 12.3. The summed E-state index contributed by atoms with van der Waals surface area (Å²) < 4.78 is 0. The monoisotopic (exact) mass is 288 g/mol. The Kier molecular flexibility index (Phi) is 2.33. The van der Waals surface area contributed by atoms with E-state index in [1.54, 1.807) is 0 Å². The van der Waals surface area contributed by atoms with Crippen LogP contribution in [-0.2, 0) is 9.59 Å². The van der Waals surface area contributed by atoms with Gasteiger partial charge in [0.1, 0.15) is 0 Å². The number of hydrogen-bond acceptors (Lipinski definition) is 2. The van der Waals surface area contributed by atoms with Crippen molar-refractivity contribution in [1.29, 1.82) is 0 Å². The van der Waals surface area contributed by atoms with Crippen molar-refractivity contribution >= 4 is 11.6 Å². The molecule has 1 aromatic carbocycles. The maximum absolute atomic E-state index is 12.6. The summed E-state index contributed by atoms with van der Waals surface area (Å²) in [6, 6.07) is 8.41. The molecule has 108 valence electrons. The van der Waals surface area contributed by atoms with Gasteiger partial charge in [-0.15, -0.1) is 0 Å². The molecule has 2 nitrogen and oxygen atoms in total. The molecule has 0 N–H and O–H groups in total. The highest BCUT2D eigenvalue weighted by Gasteiger charge is 2.59. The van der Waals surface area contributed by atoms with Gasteiger partial charge in [-0.2, -0.15) is 0 Å². The number of allylic oxidation sites excluding steroid dienone is 6. The Morgan fingerprint density at radius 2 is 1.09 bits per heavy atom. The first-order valence-corrected chi connectivity index (χ1v) is 7.97. The van der Waals surface area contributed by atoms with E-state index in [4.69, 9.17) is 0 Å². The van der Waals surface area contributed by atoms with Crippen molar-refractivity contribution in [1.82, 2.24) is 0 Å². The third kappa shape index (κ3) is 1.36. The van der Waals surface area contributed by atoms with Crippen LogP contribution in [0.1, 0.15) is 23.0 Å². The van der Waals surface area contributed by atoms with Gasteiger partial charge in [-0.05, 0) is 35.1 Å². The zero-order chi connectivity index (χ0) is 14.8. The molecule has 1 fully saturated rings. The van der Waals surface area contributed by atoms with Gasteiger partial charge in [0.15, 0.2) is 11.6 Å². The second-order valence-corrected chi connectivity index (χ2v) is 6.79. The quantitative estimate of drug-likeness (QED) is 0.735. The topological polar surface area (TPSA) is 34.1 Å². The lowest BCUT2D eigenvalue weighted by Crippen LogP contribution is -2.53. The first-order valence-electron chi connectivity index (χ1n) is 7.97. The van der Waals surface area contributed by atoms with Gasteiger partial charge in [0.2, 0.25) is 0 Å². The minimum absolute atomic E-state index is 0.135. The van der Waals surface area contributed by atoms with Crippen LogP contribution in [0.2, 0.25) is 0 Å². The molecule has 0 aliphatic heterocycles. The van der Waals surface area contributed by atoms with E-state index < -0.39 is 0 Å². The van der Waals surface area contributed by atoms with E-state index in [2.05, 4.69) is 48.6 Å². The molecule has 2 bridgehead atoms. The predicted molar refractivity (Wildman–Crippen MR) is 83.3 cm³/mol. The molecule has 2 heteroatoms. The van der Waals surface area contributed by atoms with Crippen molar-refractivity contribution in [2.75, 3.05) is 0 Å². The Balaban J connectivity index is 1.80. The number of carbonyl (C=O) groups excluding carboxylic acids is 2. The van der Waals surface area contributed by atoms with Gasteiger partial charge in [-0.1, -0.05) is 48.6 Å². The summed E-state index contributed by atoms with van der Waals surface area (Å²) in [6.07, 6.45) is 11.7. The Morgan fingerprint density at radius 3 is 1.55 bits per heavy atom. The van der Waals surface area contributed by atoms with E-state index in [-0.39, 0.29) is 35.2 Å². The molecule has 1 saturated carbocycles. The molecular formula is C20H16O2. The van der Waals surface area contributed by atoms with Crippen molar-refractivity contribution in [3.63, 3.8) is 0 Å². The maximum atomic E-state index is 12.6. The molecule has 5 aliphatic rings. The molecule has 0 amide bonds. The third-order valence-electron chi connectivity index (χ3n) is 6.00. The van der Waals surface area contributed by atoms with E-state index in [1.807, 2.05) is 0 Å². The molecule has 6 atom stereocenters. The van der Waals surface area contributed by atoms with Crippen LogP contribution in [0.25, 0.3) is 0 Å². The molecule has 0 radical (unpaired) electrons. The van der Waals surface area contributed by atoms with Crippen LogP contribution >= 0.6 is 0 Å². The zero-order valence-electron chi connectivity index (χ0n) is 12.1. The highest BCUT2D eigenvalue weighted by molar-refractivity contribution is 6.08. The molecule has 22 heavy (non-hydrogen) atoms. The first-order chi connectivity index (χ1) is 10.8. The van der Waals surface area contributed by atoms with E-state index in [1.165, 1.54) is 23.3 Å². The maximum Gasteiger partial charge on any atom is 0.160 e. The van der Waals surface area contributed by atoms with Crippen LogP contribution in [0.15, 0.2) is 60.7 Å². The lowest BCUT2D eigenvalue weighted by Gasteiger charge is -2.56. The SMILES string of the molecule is O=C1C=CC(=O)C2C1C1c3ccccc3C2C2C=CC=CC21. The molecule has 6 unspecified atom stereocenters. The summed E-state index contributed by atoms with van der Waals surface area (Å²) in [5, 5.41) is 0. The Hall–Kier alpha value is -2.22. The van der Waals surface area contributed by atoms with Gasteiger partial charge >= 0.3 is 0 Å². The summed E-state index contributed by atoms with van der Waals surface area (Å²) >= 11 is 0. The van der Waals surface area contributed by atoms with E-state index in [9.17, 15) is 9.59 Å². The predicted octanol–water partition coefficient (Wildman–Crippen LogP) is 3.18. The smallest absolute Gasteiger partial charge is 0.160 e. The second kappa shape index (κ2) is 4.16. The molecule has 0 spiro atoms. The normalized spacial score (nSPS) is 40.4. The lowest BCUT2D eigenvalue weighted by atomic mass is 9.46. The van der Waals surface area contributed by atoms with Gasteiger partial charge in [0, 0.05) is 23.7 Å². The standard InChI is InChI=1S/C20H16O2/c21-15-9-10-16(22)20-18-12-6-2-1-5-11(12)17(19(15)20)13-7-3-4-8-14(13)18/h1-12,17-20H. The Labute approximate surface area is 129 Å². The number of ketones is 2. The molecule has 0 heterocycles. The Bertz CT molecular complexity index is 718. The molecular weight excluding hydrogens is 272 g/mol.